The molecule has 0 saturated carbocycles. The minimum absolute atomic E-state index is 0.126. The van der Waals surface area contributed by atoms with Gasteiger partial charge in [0.05, 0.1) is 0 Å². The third kappa shape index (κ3) is 7.74. The van der Waals surface area contributed by atoms with E-state index in [0.29, 0.717) is 17.7 Å². The maximum absolute atomic E-state index is 12.2. The molecule has 0 heterocycles. The van der Waals surface area contributed by atoms with E-state index in [1.807, 2.05) is 34.6 Å². The number of thiocarbonyl (C=S) groups is 1. The molecule has 0 fully saturated rings. The molecule has 3 N–H and O–H groups in total. The second-order valence-corrected chi connectivity index (χ2v) is 7.29. The quantitative estimate of drug-likeness (QED) is 0.740. The van der Waals surface area contributed by atoms with Crippen LogP contribution >= 0.6 is 12.2 Å². The zero-order valence-corrected chi connectivity index (χ0v) is 15.1. The highest BCUT2D eigenvalue weighted by molar-refractivity contribution is 7.80. The molecule has 2 amide bonds. The topological polar surface area (TPSA) is 70.2 Å². The number of carbonyl (C=O) groups excluding carboxylic acids is 2. The molecule has 1 rings (SSSR count). The molecule has 0 atom stereocenters. The van der Waals surface area contributed by atoms with Gasteiger partial charge in [0, 0.05) is 23.2 Å². The Balaban J connectivity index is 2.68. The molecule has 0 bridgehead atoms. The van der Waals surface area contributed by atoms with E-state index in [-0.39, 0.29) is 28.4 Å². The Kier molecular flexibility index (Phi) is 6.69. The molecule has 126 valence electrons. The van der Waals surface area contributed by atoms with Crippen LogP contribution in [0.2, 0.25) is 0 Å². The van der Waals surface area contributed by atoms with Crippen molar-refractivity contribution >= 4 is 34.8 Å². The summed E-state index contributed by atoms with van der Waals surface area (Å²) in [5, 5.41) is 8.68. The summed E-state index contributed by atoms with van der Waals surface area (Å²) in [7, 11) is 0. The zero-order valence-electron chi connectivity index (χ0n) is 14.3. The van der Waals surface area contributed by atoms with Crippen LogP contribution in [0.15, 0.2) is 24.3 Å². The van der Waals surface area contributed by atoms with E-state index in [9.17, 15) is 9.59 Å². The van der Waals surface area contributed by atoms with Crippen LogP contribution in [-0.4, -0.2) is 22.5 Å². The second kappa shape index (κ2) is 8.06. The zero-order chi connectivity index (χ0) is 17.6. The predicted molar refractivity (Wildman–Crippen MR) is 97.5 cm³/mol. The number of amides is 2. The Morgan fingerprint density at radius 3 is 2.43 bits per heavy atom. The normalized spacial score (nSPS) is 11.0. The lowest BCUT2D eigenvalue weighted by molar-refractivity contribution is -0.120. The molecule has 0 spiro atoms. The van der Waals surface area contributed by atoms with Gasteiger partial charge in [-0.3, -0.25) is 9.59 Å². The molecular weight excluding hydrogens is 310 g/mol. The summed E-state index contributed by atoms with van der Waals surface area (Å²) in [6.07, 6.45) is 0.413. The number of rotatable bonds is 4. The summed E-state index contributed by atoms with van der Waals surface area (Å²) in [5.74, 6) is -0.0164. The van der Waals surface area contributed by atoms with Crippen molar-refractivity contribution in [1.29, 1.82) is 0 Å². The van der Waals surface area contributed by atoms with Crippen molar-refractivity contribution in [2.75, 3.05) is 5.32 Å². The highest BCUT2D eigenvalue weighted by Gasteiger charge is 2.15. The van der Waals surface area contributed by atoms with Crippen LogP contribution in [0.4, 0.5) is 5.69 Å². The summed E-state index contributed by atoms with van der Waals surface area (Å²) in [4.78, 5) is 23.8. The summed E-state index contributed by atoms with van der Waals surface area (Å²) >= 11 is 5.12. The van der Waals surface area contributed by atoms with Gasteiger partial charge in [-0.2, -0.15) is 0 Å². The predicted octanol–water partition coefficient (Wildman–Crippen LogP) is 3.07. The first-order chi connectivity index (χ1) is 10.6. The van der Waals surface area contributed by atoms with Crippen LogP contribution in [0.25, 0.3) is 0 Å². The summed E-state index contributed by atoms with van der Waals surface area (Å²) in [6.45, 7) is 9.70. The molecule has 0 aromatic heterocycles. The average Bonchev–Trinajstić information content (AvgIpc) is 2.35. The molecule has 0 saturated heterocycles. The number of hydrogen-bond acceptors (Lipinski definition) is 3. The van der Waals surface area contributed by atoms with E-state index in [0.717, 1.165) is 0 Å². The maximum atomic E-state index is 12.2. The van der Waals surface area contributed by atoms with Crippen molar-refractivity contribution in [2.24, 2.45) is 5.92 Å². The smallest absolute Gasteiger partial charge is 0.251 e. The number of carbonyl (C=O) groups is 2. The highest BCUT2D eigenvalue weighted by Crippen LogP contribution is 2.12. The standard InChI is InChI=1S/C17H25N3O2S/c1-11(2)9-14(21)19-16(23)18-13-8-6-7-12(10-13)15(22)20-17(3,4)5/h6-8,10-11H,9H2,1-5H3,(H,20,22)(H2,18,19,21,23). The average molecular weight is 335 g/mol. The largest absolute Gasteiger partial charge is 0.347 e. The van der Waals surface area contributed by atoms with Gasteiger partial charge in [0.2, 0.25) is 5.91 Å². The third-order valence-corrected chi connectivity index (χ3v) is 2.92. The Morgan fingerprint density at radius 2 is 1.87 bits per heavy atom. The van der Waals surface area contributed by atoms with Gasteiger partial charge in [-0.1, -0.05) is 19.9 Å². The minimum Gasteiger partial charge on any atom is -0.347 e. The first-order valence-corrected chi connectivity index (χ1v) is 8.01. The van der Waals surface area contributed by atoms with Gasteiger partial charge in [0.15, 0.2) is 5.11 Å². The molecule has 1 aromatic carbocycles. The molecule has 0 aliphatic rings. The van der Waals surface area contributed by atoms with Crippen molar-refractivity contribution < 1.29 is 9.59 Å². The maximum Gasteiger partial charge on any atom is 0.251 e. The molecule has 6 heteroatoms. The summed E-state index contributed by atoms with van der Waals surface area (Å²) in [5.41, 5.74) is 0.878. The van der Waals surface area contributed by atoms with Gasteiger partial charge >= 0.3 is 0 Å². The highest BCUT2D eigenvalue weighted by atomic mass is 32.1. The minimum atomic E-state index is -0.305. The Bertz CT molecular complexity index is 592. The van der Waals surface area contributed by atoms with E-state index in [4.69, 9.17) is 12.2 Å². The summed E-state index contributed by atoms with van der Waals surface area (Å²) < 4.78 is 0. The fourth-order valence-corrected chi connectivity index (χ4v) is 2.09. The van der Waals surface area contributed by atoms with Crippen LogP contribution in [0.3, 0.4) is 0 Å². The van der Waals surface area contributed by atoms with E-state index < -0.39 is 0 Å². The lowest BCUT2D eigenvalue weighted by Gasteiger charge is -2.20. The Hall–Kier alpha value is -1.95. The lowest BCUT2D eigenvalue weighted by atomic mass is 10.1. The Morgan fingerprint density at radius 1 is 1.22 bits per heavy atom. The van der Waals surface area contributed by atoms with E-state index in [1.165, 1.54) is 0 Å². The fourth-order valence-electron chi connectivity index (χ4n) is 1.86. The third-order valence-electron chi connectivity index (χ3n) is 2.72. The number of anilines is 1. The molecule has 23 heavy (non-hydrogen) atoms. The molecule has 0 radical (unpaired) electrons. The lowest BCUT2D eigenvalue weighted by Crippen LogP contribution is -2.40. The molecule has 5 nitrogen and oxygen atoms in total. The van der Waals surface area contributed by atoms with Crippen LogP contribution in [0, 0.1) is 5.92 Å². The van der Waals surface area contributed by atoms with Crippen LogP contribution in [0.5, 0.6) is 0 Å². The first kappa shape index (κ1) is 19.1. The monoisotopic (exact) mass is 335 g/mol. The molecule has 0 aliphatic heterocycles. The van der Waals surface area contributed by atoms with E-state index >= 15 is 0 Å². The fraction of sp³-hybridized carbons (Fsp3) is 0.471. The molecule has 0 unspecified atom stereocenters. The number of nitrogens with one attached hydrogen (secondary N) is 3. The van der Waals surface area contributed by atoms with Crippen molar-refractivity contribution in [3.8, 4) is 0 Å². The van der Waals surface area contributed by atoms with Gasteiger partial charge in [-0.25, -0.2) is 0 Å². The van der Waals surface area contributed by atoms with Crippen molar-refractivity contribution in [3.63, 3.8) is 0 Å². The van der Waals surface area contributed by atoms with Crippen molar-refractivity contribution in [3.05, 3.63) is 29.8 Å². The van der Waals surface area contributed by atoms with Crippen LogP contribution in [0.1, 0.15) is 51.4 Å². The molecule has 1 aromatic rings. The number of hydrogen-bond donors (Lipinski definition) is 3. The van der Waals surface area contributed by atoms with E-state index in [2.05, 4.69) is 16.0 Å². The van der Waals surface area contributed by atoms with Crippen molar-refractivity contribution in [1.82, 2.24) is 10.6 Å². The molecule has 0 aliphatic carbocycles. The Labute approximate surface area is 143 Å². The first-order valence-electron chi connectivity index (χ1n) is 7.60. The van der Waals surface area contributed by atoms with Gasteiger partial charge < -0.3 is 16.0 Å². The second-order valence-electron chi connectivity index (χ2n) is 6.89. The number of benzene rings is 1. The van der Waals surface area contributed by atoms with Gasteiger partial charge in [-0.15, -0.1) is 0 Å². The van der Waals surface area contributed by atoms with Gasteiger partial charge in [-0.05, 0) is 57.1 Å². The van der Waals surface area contributed by atoms with Crippen molar-refractivity contribution in [2.45, 2.75) is 46.6 Å². The molecular formula is C17H25N3O2S. The SMILES string of the molecule is CC(C)CC(=O)NC(=S)Nc1cccc(C(=O)NC(C)(C)C)c1. The van der Waals surface area contributed by atoms with Crippen LogP contribution < -0.4 is 16.0 Å². The van der Waals surface area contributed by atoms with Crippen LogP contribution in [-0.2, 0) is 4.79 Å². The van der Waals surface area contributed by atoms with Gasteiger partial charge in [0.1, 0.15) is 0 Å². The summed E-state index contributed by atoms with van der Waals surface area (Å²) in [6, 6.07) is 6.97. The van der Waals surface area contributed by atoms with E-state index in [1.54, 1.807) is 24.3 Å². The van der Waals surface area contributed by atoms with Gasteiger partial charge in [0.25, 0.3) is 5.91 Å².